The topological polar surface area (TPSA) is 50.3 Å². The first kappa shape index (κ1) is 10.9. The minimum atomic E-state index is -0.0198. The van der Waals surface area contributed by atoms with E-state index in [-0.39, 0.29) is 5.60 Å². The van der Waals surface area contributed by atoms with Crippen LogP contribution in [-0.4, -0.2) is 48.4 Å². The van der Waals surface area contributed by atoms with Gasteiger partial charge in [0.2, 0.25) is 0 Å². The zero-order chi connectivity index (χ0) is 11.6. The maximum absolute atomic E-state index is 6.01. The van der Waals surface area contributed by atoms with E-state index in [1.165, 1.54) is 0 Å². The summed E-state index contributed by atoms with van der Waals surface area (Å²) in [7, 11) is 0. The highest BCUT2D eigenvalue weighted by Gasteiger charge is 2.38. The Bertz CT molecular complexity index is 359. The second-order valence-electron chi connectivity index (χ2n) is 4.80. The molecule has 0 radical (unpaired) electrons. The Kier molecular flexibility index (Phi) is 2.94. The minimum absolute atomic E-state index is 0.0198. The lowest BCUT2D eigenvalue weighted by atomic mass is 9.91. The third kappa shape index (κ3) is 2.25. The van der Waals surface area contributed by atoms with Gasteiger partial charge in [0.25, 0.3) is 0 Å². The van der Waals surface area contributed by atoms with Gasteiger partial charge in [-0.1, -0.05) is 0 Å². The van der Waals surface area contributed by atoms with E-state index < -0.39 is 0 Å². The molecule has 0 unspecified atom stereocenters. The second-order valence-corrected chi connectivity index (χ2v) is 4.80. The highest BCUT2D eigenvalue weighted by molar-refractivity contribution is 5.36. The Labute approximate surface area is 101 Å². The van der Waals surface area contributed by atoms with E-state index in [1.807, 2.05) is 6.20 Å². The van der Waals surface area contributed by atoms with Crippen molar-refractivity contribution in [3.05, 3.63) is 18.6 Å². The fourth-order valence-electron chi connectivity index (χ4n) is 2.72. The third-order valence-electron chi connectivity index (χ3n) is 3.55. The number of nitrogens with one attached hydrogen (secondary N) is 1. The molecule has 3 rings (SSSR count). The molecule has 0 aliphatic carbocycles. The molecule has 5 nitrogen and oxygen atoms in total. The molecule has 1 atom stereocenters. The first-order valence-corrected chi connectivity index (χ1v) is 6.24. The number of piperidine rings is 1. The van der Waals surface area contributed by atoms with Gasteiger partial charge < -0.3 is 15.0 Å². The predicted molar refractivity (Wildman–Crippen MR) is 65.0 cm³/mol. The molecule has 2 aliphatic heterocycles. The molecule has 0 amide bonds. The van der Waals surface area contributed by atoms with Gasteiger partial charge in [0.05, 0.1) is 18.4 Å². The van der Waals surface area contributed by atoms with Crippen LogP contribution in [0.5, 0.6) is 0 Å². The molecule has 1 spiro atoms. The quantitative estimate of drug-likeness (QED) is 0.764. The molecule has 0 aromatic carbocycles. The minimum Gasteiger partial charge on any atom is -0.371 e. The summed E-state index contributed by atoms with van der Waals surface area (Å²) in [5.41, 5.74) is -0.0198. The summed E-state index contributed by atoms with van der Waals surface area (Å²) < 4.78 is 6.01. The van der Waals surface area contributed by atoms with Crippen molar-refractivity contribution >= 4 is 5.82 Å². The lowest BCUT2D eigenvalue weighted by molar-refractivity contribution is -0.0726. The zero-order valence-corrected chi connectivity index (χ0v) is 9.93. The van der Waals surface area contributed by atoms with Gasteiger partial charge in [-0.25, -0.2) is 4.98 Å². The monoisotopic (exact) mass is 234 g/mol. The molecule has 1 N–H and O–H groups in total. The van der Waals surface area contributed by atoms with Crippen molar-refractivity contribution in [2.45, 2.75) is 18.4 Å². The normalized spacial score (nSPS) is 29.5. The number of rotatable bonds is 1. The fraction of sp³-hybridized carbons (Fsp3) is 0.667. The summed E-state index contributed by atoms with van der Waals surface area (Å²) in [6.45, 7) is 4.69. The number of hydrogen-bond donors (Lipinski definition) is 1. The standard InChI is InChI=1S/C12H18N4O/c1-2-12(9-14-5-7-17-12)10-16(6-1)11-8-13-3-4-15-11/h3-4,8,14H,1-2,5-7,9-10H2/t12-/m0/s1. The summed E-state index contributed by atoms with van der Waals surface area (Å²) in [6.07, 6.45) is 7.57. The van der Waals surface area contributed by atoms with Crippen LogP contribution < -0.4 is 10.2 Å². The van der Waals surface area contributed by atoms with Crippen molar-refractivity contribution in [2.75, 3.05) is 37.7 Å². The molecule has 92 valence electrons. The van der Waals surface area contributed by atoms with E-state index in [0.29, 0.717) is 0 Å². The second kappa shape index (κ2) is 4.58. The molecule has 0 saturated carbocycles. The number of anilines is 1. The number of ether oxygens (including phenoxy) is 1. The molecule has 2 aliphatic rings. The Hall–Kier alpha value is -1.20. The Morgan fingerprint density at radius 3 is 3.18 bits per heavy atom. The molecule has 0 bridgehead atoms. The molecular weight excluding hydrogens is 216 g/mol. The van der Waals surface area contributed by atoms with Crippen LogP contribution >= 0.6 is 0 Å². The van der Waals surface area contributed by atoms with E-state index >= 15 is 0 Å². The van der Waals surface area contributed by atoms with Gasteiger partial charge in [0, 0.05) is 38.6 Å². The first-order valence-electron chi connectivity index (χ1n) is 6.24. The largest absolute Gasteiger partial charge is 0.371 e. The van der Waals surface area contributed by atoms with Crippen LogP contribution in [0.1, 0.15) is 12.8 Å². The zero-order valence-electron chi connectivity index (χ0n) is 9.93. The summed E-state index contributed by atoms with van der Waals surface area (Å²) in [5, 5.41) is 3.43. The van der Waals surface area contributed by atoms with E-state index in [2.05, 4.69) is 20.2 Å². The van der Waals surface area contributed by atoms with Gasteiger partial charge in [-0.3, -0.25) is 4.98 Å². The van der Waals surface area contributed by atoms with Gasteiger partial charge in [0.1, 0.15) is 5.82 Å². The van der Waals surface area contributed by atoms with Crippen LogP contribution in [-0.2, 0) is 4.74 Å². The van der Waals surface area contributed by atoms with Crippen molar-refractivity contribution in [2.24, 2.45) is 0 Å². The molecule has 2 saturated heterocycles. The van der Waals surface area contributed by atoms with Crippen molar-refractivity contribution < 1.29 is 4.74 Å². The smallest absolute Gasteiger partial charge is 0.147 e. The lowest BCUT2D eigenvalue weighted by Crippen LogP contribution is -2.59. The Morgan fingerprint density at radius 1 is 1.41 bits per heavy atom. The molecule has 1 aromatic heterocycles. The van der Waals surface area contributed by atoms with E-state index in [9.17, 15) is 0 Å². The first-order chi connectivity index (χ1) is 8.38. The highest BCUT2D eigenvalue weighted by Crippen LogP contribution is 2.28. The summed E-state index contributed by atoms with van der Waals surface area (Å²) >= 11 is 0. The molecule has 17 heavy (non-hydrogen) atoms. The van der Waals surface area contributed by atoms with E-state index in [0.717, 1.165) is 51.4 Å². The maximum Gasteiger partial charge on any atom is 0.147 e. The molecule has 3 heterocycles. The predicted octanol–water partition coefficient (Wildman–Crippen LogP) is 0.435. The maximum atomic E-state index is 6.01. The van der Waals surface area contributed by atoms with Gasteiger partial charge in [-0.05, 0) is 12.8 Å². The summed E-state index contributed by atoms with van der Waals surface area (Å²) in [5.74, 6) is 0.959. The van der Waals surface area contributed by atoms with Gasteiger partial charge in [-0.2, -0.15) is 0 Å². The van der Waals surface area contributed by atoms with Crippen molar-refractivity contribution in [1.29, 1.82) is 0 Å². The molecule has 1 aromatic rings. The van der Waals surface area contributed by atoms with Crippen LogP contribution in [0.2, 0.25) is 0 Å². The third-order valence-corrected chi connectivity index (χ3v) is 3.55. The summed E-state index contributed by atoms with van der Waals surface area (Å²) in [6, 6.07) is 0. The van der Waals surface area contributed by atoms with Crippen LogP contribution in [0.15, 0.2) is 18.6 Å². The Morgan fingerprint density at radius 2 is 2.41 bits per heavy atom. The SMILES string of the molecule is c1cnc(N2CCC[C@]3(CNCCO3)C2)cn1. The number of aromatic nitrogens is 2. The average Bonchev–Trinajstić information content (AvgIpc) is 2.41. The van der Waals surface area contributed by atoms with Crippen LogP contribution in [0, 0.1) is 0 Å². The average molecular weight is 234 g/mol. The van der Waals surface area contributed by atoms with Gasteiger partial charge >= 0.3 is 0 Å². The molecule has 2 fully saturated rings. The summed E-state index contributed by atoms with van der Waals surface area (Å²) in [4.78, 5) is 10.8. The molecule has 5 heteroatoms. The Balaban J connectivity index is 1.75. The number of morpholine rings is 1. The van der Waals surface area contributed by atoms with E-state index in [1.54, 1.807) is 12.4 Å². The molecular formula is C12H18N4O. The fourth-order valence-corrected chi connectivity index (χ4v) is 2.72. The number of hydrogen-bond acceptors (Lipinski definition) is 5. The highest BCUT2D eigenvalue weighted by atomic mass is 16.5. The van der Waals surface area contributed by atoms with Gasteiger partial charge in [0.15, 0.2) is 0 Å². The van der Waals surface area contributed by atoms with Gasteiger partial charge in [-0.15, -0.1) is 0 Å². The lowest BCUT2D eigenvalue weighted by Gasteiger charge is -2.45. The van der Waals surface area contributed by atoms with E-state index in [4.69, 9.17) is 4.74 Å². The van der Waals surface area contributed by atoms with Crippen molar-refractivity contribution in [3.8, 4) is 0 Å². The van der Waals surface area contributed by atoms with Crippen molar-refractivity contribution in [3.63, 3.8) is 0 Å². The van der Waals surface area contributed by atoms with Crippen LogP contribution in [0.3, 0.4) is 0 Å². The van der Waals surface area contributed by atoms with Crippen LogP contribution in [0.25, 0.3) is 0 Å². The van der Waals surface area contributed by atoms with Crippen LogP contribution in [0.4, 0.5) is 5.82 Å². The van der Waals surface area contributed by atoms with Crippen molar-refractivity contribution in [1.82, 2.24) is 15.3 Å². The number of nitrogens with zero attached hydrogens (tertiary/aromatic N) is 3.